The average molecular weight is 454 g/mol. The Morgan fingerprint density at radius 3 is 2.76 bits per heavy atom. The first-order chi connectivity index (χ1) is 16.0. The molecule has 1 saturated carbocycles. The Morgan fingerprint density at radius 2 is 2.06 bits per heavy atom. The van der Waals surface area contributed by atoms with Crippen molar-refractivity contribution in [2.75, 3.05) is 31.9 Å². The normalized spacial score (nSPS) is 12.8. The van der Waals surface area contributed by atoms with E-state index in [1.165, 1.54) is 33.5 Å². The van der Waals surface area contributed by atoms with Gasteiger partial charge in [0.1, 0.15) is 6.61 Å². The predicted octanol–water partition coefficient (Wildman–Crippen LogP) is 1.53. The summed E-state index contributed by atoms with van der Waals surface area (Å²) in [6.07, 6.45) is 3.21. The van der Waals surface area contributed by atoms with Gasteiger partial charge in [0.05, 0.1) is 18.4 Å². The van der Waals surface area contributed by atoms with Gasteiger partial charge >= 0.3 is 0 Å². The molecule has 1 aliphatic carbocycles. The third-order valence-corrected chi connectivity index (χ3v) is 4.77. The van der Waals surface area contributed by atoms with Crippen LogP contribution in [0.3, 0.4) is 0 Å². The molecule has 0 aliphatic heterocycles. The number of aromatic nitrogens is 5. The smallest absolute Gasteiger partial charge is 0.273 e. The second kappa shape index (κ2) is 9.56. The van der Waals surface area contributed by atoms with Gasteiger partial charge in [-0.3, -0.25) is 9.59 Å². The molecule has 0 atom stereocenters. The SMILES string of the molecule is CNC(=O)c1nnc(NC(=O)C2CC2)cc1Nc1nccc(-c2noc(COC)n2)c1OC. The standard InChI is InChI=1S/C20H22N8O5/c1-21-20(30)15-12(8-13(26-27-15)24-19(29)10-4-5-10)23-18-16(32-3)11(6-7-22-18)17-25-14(9-31-2)33-28-17/h6-8,10H,4-5,9H2,1-3H3,(H,21,30)(H2,22,23,24,26,29). The van der Waals surface area contributed by atoms with Crippen molar-refractivity contribution in [3.63, 3.8) is 0 Å². The molecule has 4 rings (SSSR count). The number of hydrogen-bond acceptors (Lipinski definition) is 11. The first-order valence-electron chi connectivity index (χ1n) is 10.1. The molecule has 1 fully saturated rings. The zero-order valence-corrected chi connectivity index (χ0v) is 18.2. The van der Waals surface area contributed by atoms with Crippen molar-refractivity contribution in [3.8, 4) is 17.1 Å². The average Bonchev–Trinajstić information content (AvgIpc) is 3.58. The van der Waals surface area contributed by atoms with Crippen LogP contribution in [0.15, 0.2) is 22.9 Å². The molecule has 3 N–H and O–H groups in total. The Hall–Kier alpha value is -4.13. The molecule has 0 unspecified atom stereocenters. The van der Waals surface area contributed by atoms with Gasteiger partial charge in [0.2, 0.25) is 11.7 Å². The van der Waals surface area contributed by atoms with Crippen LogP contribution < -0.4 is 20.7 Å². The zero-order chi connectivity index (χ0) is 23.4. The molecule has 0 bridgehead atoms. The summed E-state index contributed by atoms with van der Waals surface area (Å²) in [6, 6.07) is 3.17. The van der Waals surface area contributed by atoms with Crippen molar-refractivity contribution in [3.05, 3.63) is 29.9 Å². The summed E-state index contributed by atoms with van der Waals surface area (Å²) < 4.78 is 15.7. The fraction of sp³-hybridized carbons (Fsp3) is 0.350. The lowest BCUT2D eigenvalue weighted by molar-refractivity contribution is -0.117. The van der Waals surface area contributed by atoms with E-state index in [-0.39, 0.29) is 47.3 Å². The molecule has 3 aromatic heterocycles. The highest BCUT2D eigenvalue weighted by molar-refractivity contribution is 5.99. The summed E-state index contributed by atoms with van der Waals surface area (Å²) in [5.41, 5.74) is 0.788. The molecule has 0 radical (unpaired) electrons. The maximum atomic E-state index is 12.3. The molecule has 13 heteroatoms. The number of hydrogen-bond donors (Lipinski definition) is 3. The molecule has 1 aliphatic rings. The minimum atomic E-state index is -0.470. The third kappa shape index (κ3) is 4.87. The first kappa shape index (κ1) is 22.1. The molecule has 13 nitrogen and oxygen atoms in total. The Labute approximate surface area is 188 Å². The summed E-state index contributed by atoms with van der Waals surface area (Å²) in [5, 5.41) is 20.2. The predicted molar refractivity (Wildman–Crippen MR) is 115 cm³/mol. The minimum Gasteiger partial charge on any atom is -0.492 e. The highest BCUT2D eigenvalue weighted by atomic mass is 16.5. The topological polar surface area (TPSA) is 166 Å². The first-order valence-corrected chi connectivity index (χ1v) is 10.1. The van der Waals surface area contributed by atoms with Crippen LogP contribution in [0.5, 0.6) is 5.75 Å². The van der Waals surface area contributed by atoms with Gasteiger partial charge < -0.3 is 29.9 Å². The van der Waals surface area contributed by atoms with Crippen LogP contribution >= 0.6 is 0 Å². The van der Waals surface area contributed by atoms with Gasteiger partial charge in [0, 0.05) is 32.3 Å². The summed E-state index contributed by atoms with van der Waals surface area (Å²) in [6.45, 7) is 0.166. The van der Waals surface area contributed by atoms with Gasteiger partial charge in [-0.15, -0.1) is 10.2 Å². The third-order valence-electron chi connectivity index (χ3n) is 4.77. The number of anilines is 3. The Kier molecular flexibility index (Phi) is 6.40. The maximum absolute atomic E-state index is 12.3. The van der Waals surface area contributed by atoms with Gasteiger partial charge in [-0.25, -0.2) is 4.98 Å². The highest BCUT2D eigenvalue weighted by Gasteiger charge is 2.30. The van der Waals surface area contributed by atoms with Crippen molar-refractivity contribution in [1.29, 1.82) is 0 Å². The van der Waals surface area contributed by atoms with E-state index >= 15 is 0 Å². The lowest BCUT2D eigenvalue weighted by Gasteiger charge is -2.15. The van der Waals surface area contributed by atoms with E-state index in [0.717, 1.165) is 12.8 Å². The summed E-state index contributed by atoms with van der Waals surface area (Å²) in [5.74, 6) is 0.749. The largest absolute Gasteiger partial charge is 0.492 e. The second-order valence-electron chi connectivity index (χ2n) is 7.14. The molecule has 172 valence electrons. The van der Waals surface area contributed by atoms with E-state index in [2.05, 4.69) is 41.3 Å². The molecule has 3 aromatic rings. The molecule has 33 heavy (non-hydrogen) atoms. The van der Waals surface area contributed by atoms with Crippen molar-refractivity contribution >= 4 is 29.1 Å². The monoisotopic (exact) mass is 454 g/mol. The number of ether oxygens (including phenoxy) is 2. The Morgan fingerprint density at radius 1 is 1.24 bits per heavy atom. The molecular formula is C20H22N8O5. The van der Waals surface area contributed by atoms with Crippen LogP contribution in [0.2, 0.25) is 0 Å². The molecule has 2 amide bonds. The number of nitrogens with one attached hydrogen (secondary N) is 3. The van der Waals surface area contributed by atoms with Gasteiger partial charge in [0.15, 0.2) is 23.1 Å². The van der Waals surface area contributed by atoms with Crippen molar-refractivity contribution in [2.45, 2.75) is 19.4 Å². The van der Waals surface area contributed by atoms with Crippen LogP contribution in [-0.4, -0.2) is 58.4 Å². The fourth-order valence-corrected chi connectivity index (χ4v) is 3.00. The van der Waals surface area contributed by atoms with E-state index in [1.807, 2.05) is 0 Å². The minimum absolute atomic E-state index is 0.0121. The number of carbonyl (C=O) groups is 2. The van der Waals surface area contributed by atoms with E-state index in [1.54, 1.807) is 6.07 Å². The van der Waals surface area contributed by atoms with Gasteiger partial charge in [-0.05, 0) is 18.9 Å². The quantitative estimate of drug-likeness (QED) is 0.429. The Balaban J connectivity index is 1.69. The van der Waals surface area contributed by atoms with Crippen LogP contribution in [0.1, 0.15) is 29.2 Å². The van der Waals surface area contributed by atoms with E-state index in [9.17, 15) is 9.59 Å². The van der Waals surface area contributed by atoms with E-state index in [0.29, 0.717) is 17.2 Å². The maximum Gasteiger partial charge on any atom is 0.273 e. The number of methoxy groups -OCH3 is 2. The molecule has 0 saturated heterocycles. The Bertz CT molecular complexity index is 1180. The van der Waals surface area contributed by atoms with Crippen molar-refractivity contribution < 1.29 is 23.6 Å². The van der Waals surface area contributed by atoms with Crippen LogP contribution in [0.25, 0.3) is 11.4 Å². The number of nitrogens with zero attached hydrogens (tertiary/aromatic N) is 5. The van der Waals surface area contributed by atoms with Crippen LogP contribution in [0, 0.1) is 5.92 Å². The number of carbonyl (C=O) groups excluding carboxylic acids is 2. The summed E-state index contributed by atoms with van der Waals surface area (Å²) in [7, 11) is 4.46. The highest BCUT2D eigenvalue weighted by Crippen LogP contribution is 2.36. The summed E-state index contributed by atoms with van der Waals surface area (Å²) >= 11 is 0. The molecule has 3 heterocycles. The molecule has 0 spiro atoms. The van der Waals surface area contributed by atoms with Gasteiger partial charge in [0.25, 0.3) is 11.8 Å². The van der Waals surface area contributed by atoms with Crippen molar-refractivity contribution in [1.82, 2.24) is 30.6 Å². The van der Waals surface area contributed by atoms with Gasteiger partial charge in [-0.1, -0.05) is 5.16 Å². The van der Waals surface area contributed by atoms with E-state index < -0.39 is 5.91 Å². The lowest BCUT2D eigenvalue weighted by atomic mass is 10.2. The second-order valence-corrected chi connectivity index (χ2v) is 7.14. The van der Waals surface area contributed by atoms with E-state index in [4.69, 9.17) is 14.0 Å². The molecular weight excluding hydrogens is 432 g/mol. The number of rotatable bonds is 9. The lowest BCUT2D eigenvalue weighted by Crippen LogP contribution is -2.22. The summed E-state index contributed by atoms with van der Waals surface area (Å²) in [4.78, 5) is 33.1. The van der Waals surface area contributed by atoms with Crippen LogP contribution in [-0.2, 0) is 16.1 Å². The molecule has 0 aromatic carbocycles. The van der Waals surface area contributed by atoms with Crippen molar-refractivity contribution in [2.24, 2.45) is 5.92 Å². The fourth-order valence-electron chi connectivity index (χ4n) is 3.00. The number of amides is 2. The zero-order valence-electron chi connectivity index (χ0n) is 18.2. The van der Waals surface area contributed by atoms with Gasteiger partial charge in [-0.2, -0.15) is 4.98 Å². The van der Waals surface area contributed by atoms with Crippen LogP contribution in [0.4, 0.5) is 17.3 Å². The number of pyridine rings is 1.